The van der Waals surface area contributed by atoms with Crippen molar-refractivity contribution in [1.82, 2.24) is 0 Å². The third-order valence-electron chi connectivity index (χ3n) is 2.02. The SMILES string of the molecule is CC(CCN=C=O)OC(=O)OC(C)CCN=C=O. The quantitative estimate of drug-likeness (QED) is 0.371. The van der Waals surface area contributed by atoms with Gasteiger partial charge in [0.1, 0.15) is 12.2 Å². The first-order valence-corrected chi connectivity index (χ1v) is 5.54. The van der Waals surface area contributed by atoms with Gasteiger partial charge < -0.3 is 9.47 Å². The van der Waals surface area contributed by atoms with Crippen LogP contribution in [0.5, 0.6) is 0 Å². The molecular weight excluding hydrogens is 240 g/mol. The van der Waals surface area contributed by atoms with E-state index in [1.165, 1.54) is 12.2 Å². The Balaban J connectivity index is 3.80. The minimum absolute atomic E-state index is 0.252. The summed E-state index contributed by atoms with van der Waals surface area (Å²) in [5.41, 5.74) is 0. The minimum Gasteiger partial charge on any atom is -0.431 e. The summed E-state index contributed by atoms with van der Waals surface area (Å²) in [5.74, 6) is 0. The molecule has 0 rings (SSSR count). The summed E-state index contributed by atoms with van der Waals surface area (Å²) in [4.78, 5) is 37.6. The van der Waals surface area contributed by atoms with Crippen LogP contribution < -0.4 is 0 Å². The first kappa shape index (κ1) is 16.0. The fraction of sp³-hybridized carbons (Fsp3) is 0.727. The molecule has 0 aliphatic rings. The number of isocyanates is 2. The normalized spacial score (nSPS) is 12.6. The number of hydrogen-bond donors (Lipinski definition) is 0. The third-order valence-corrected chi connectivity index (χ3v) is 2.02. The highest BCUT2D eigenvalue weighted by molar-refractivity contribution is 5.60. The second-order valence-electron chi connectivity index (χ2n) is 3.63. The number of aliphatic imine (C=N–C) groups is 2. The van der Waals surface area contributed by atoms with Crippen molar-refractivity contribution in [3.8, 4) is 0 Å². The lowest BCUT2D eigenvalue weighted by Gasteiger charge is -2.15. The molecule has 7 nitrogen and oxygen atoms in total. The van der Waals surface area contributed by atoms with Crippen molar-refractivity contribution in [2.24, 2.45) is 9.98 Å². The van der Waals surface area contributed by atoms with Crippen molar-refractivity contribution in [2.75, 3.05) is 13.1 Å². The summed E-state index contributed by atoms with van der Waals surface area (Å²) in [6, 6.07) is 0. The zero-order valence-corrected chi connectivity index (χ0v) is 10.4. The molecule has 7 heteroatoms. The van der Waals surface area contributed by atoms with Crippen molar-refractivity contribution < 1.29 is 23.9 Å². The van der Waals surface area contributed by atoms with Gasteiger partial charge in [-0.25, -0.2) is 24.4 Å². The van der Waals surface area contributed by atoms with Crippen LogP contribution in [-0.2, 0) is 19.1 Å². The second kappa shape index (κ2) is 10.2. The minimum atomic E-state index is -0.792. The number of rotatable bonds is 8. The van der Waals surface area contributed by atoms with E-state index in [1.54, 1.807) is 13.8 Å². The molecule has 0 amide bonds. The highest BCUT2D eigenvalue weighted by Crippen LogP contribution is 2.04. The molecule has 0 aliphatic heterocycles. The summed E-state index contributed by atoms with van der Waals surface area (Å²) >= 11 is 0. The van der Waals surface area contributed by atoms with Crippen LogP contribution in [0.15, 0.2) is 9.98 Å². The zero-order valence-electron chi connectivity index (χ0n) is 10.4. The van der Waals surface area contributed by atoms with Gasteiger partial charge in [0.15, 0.2) is 0 Å². The predicted octanol–water partition coefficient (Wildman–Crippen LogP) is 1.37. The van der Waals surface area contributed by atoms with Crippen molar-refractivity contribution in [2.45, 2.75) is 38.9 Å². The molecule has 0 saturated carbocycles. The maximum Gasteiger partial charge on any atom is 0.508 e. The van der Waals surface area contributed by atoms with Crippen LogP contribution in [0.1, 0.15) is 26.7 Å². The van der Waals surface area contributed by atoms with Gasteiger partial charge in [0.25, 0.3) is 0 Å². The lowest BCUT2D eigenvalue weighted by molar-refractivity contribution is 0.00504. The lowest BCUT2D eigenvalue weighted by atomic mass is 10.3. The molecule has 100 valence electrons. The summed E-state index contributed by atoms with van der Waals surface area (Å²) in [6.45, 7) is 3.84. The van der Waals surface area contributed by atoms with Crippen LogP contribution in [-0.4, -0.2) is 43.6 Å². The molecule has 18 heavy (non-hydrogen) atoms. The van der Waals surface area contributed by atoms with Crippen molar-refractivity contribution in [3.63, 3.8) is 0 Å². The van der Waals surface area contributed by atoms with Crippen LogP contribution in [0, 0.1) is 0 Å². The van der Waals surface area contributed by atoms with Gasteiger partial charge >= 0.3 is 6.16 Å². The van der Waals surface area contributed by atoms with E-state index in [1.807, 2.05) is 0 Å². The highest BCUT2D eigenvalue weighted by atomic mass is 16.7. The smallest absolute Gasteiger partial charge is 0.431 e. The third kappa shape index (κ3) is 9.27. The molecule has 0 N–H and O–H groups in total. The molecule has 0 bridgehead atoms. The molecule has 0 aliphatic carbocycles. The van der Waals surface area contributed by atoms with Crippen molar-refractivity contribution in [1.29, 1.82) is 0 Å². The summed E-state index contributed by atoms with van der Waals surface area (Å²) in [5, 5.41) is 0. The Morgan fingerprint density at radius 2 is 1.39 bits per heavy atom. The fourth-order valence-electron chi connectivity index (χ4n) is 1.06. The summed E-state index contributed by atoms with van der Waals surface area (Å²) in [7, 11) is 0. The number of carbonyl (C=O) groups excluding carboxylic acids is 3. The average molecular weight is 256 g/mol. The van der Waals surface area contributed by atoms with Crippen molar-refractivity contribution in [3.05, 3.63) is 0 Å². The van der Waals surface area contributed by atoms with Crippen LogP contribution in [0.2, 0.25) is 0 Å². The first-order chi connectivity index (χ1) is 8.60. The van der Waals surface area contributed by atoms with Gasteiger partial charge in [-0.2, -0.15) is 0 Å². The Bertz CT molecular complexity index is 313. The molecule has 0 heterocycles. The molecule has 2 atom stereocenters. The molecule has 0 aromatic heterocycles. The molecule has 0 aromatic carbocycles. The fourth-order valence-corrected chi connectivity index (χ4v) is 1.06. The van der Waals surface area contributed by atoms with Gasteiger partial charge in [0, 0.05) is 12.8 Å². The van der Waals surface area contributed by atoms with Gasteiger partial charge in [-0.3, -0.25) is 0 Å². The number of nitrogens with zero attached hydrogens (tertiary/aromatic N) is 2. The Kier molecular flexibility index (Phi) is 9.08. The standard InChI is InChI=1S/C11H16N2O5/c1-9(3-5-12-7-14)17-11(16)18-10(2)4-6-13-8-15/h9-10H,3-6H2,1-2H3. The van der Waals surface area contributed by atoms with E-state index >= 15 is 0 Å². The van der Waals surface area contributed by atoms with E-state index in [4.69, 9.17) is 9.47 Å². The Morgan fingerprint density at radius 1 is 1.00 bits per heavy atom. The molecule has 2 unspecified atom stereocenters. The van der Waals surface area contributed by atoms with Gasteiger partial charge in [0.2, 0.25) is 12.2 Å². The maximum absolute atomic E-state index is 11.3. The van der Waals surface area contributed by atoms with Crippen molar-refractivity contribution >= 4 is 18.3 Å². The molecule has 0 aromatic rings. The van der Waals surface area contributed by atoms with Crippen LogP contribution in [0.25, 0.3) is 0 Å². The monoisotopic (exact) mass is 256 g/mol. The van der Waals surface area contributed by atoms with E-state index in [-0.39, 0.29) is 13.1 Å². The van der Waals surface area contributed by atoms with Gasteiger partial charge in [-0.15, -0.1) is 0 Å². The number of ether oxygens (including phenoxy) is 2. The van der Waals surface area contributed by atoms with E-state index in [9.17, 15) is 14.4 Å². The Morgan fingerprint density at radius 3 is 1.72 bits per heavy atom. The molecule has 0 saturated heterocycles. The summed E-state index contributed by atoms with van der Waals surface area (Å²) < 4.78 is 9.83. The summed E-state index contributed by atoms with van der Waals surface area (Å²) in [6.07, 6.45) is 2.07. The van der Waals surface area contributed by atoms with Crippen LogP contribution in [0.3, 0.4) is 0 Å². The van der Waals surface area contributed by atoms with E-state index in [0.29, 0.717) is 12.8 Å². The average Bonchev–Trinajstić information content (AvgIpc) is 2.29. The van der Waals surface area contributed by atoms with Gasteiger partial charge in [0.05, 0.1) is 13.1 Å². The van der Waals surface area contributed by atoms with Crippen LogP contribution in [0.4, 0.5) is 4.79 Å². The molecule has 0 spiro atoms. The van der Waals surface area contributed by atoms with Crippen LogP contribution >= 0.6 is 0 Å². The Labute approximate surface area is 105 Å². The second-order valence-corrected chi connectivity index (χ2v) is 3.63. The zero-order chi connectivity index (χ0) is 13.8. The van der Waals surface area contributed by atoms with E-state index < -0.39 is 18.4 Å². The molecule has 0 fully saturated rings. The van der Waals surface area contributed by atoms with Gasteiger partial charge in [-0.05, 0) is 13.8 Å². The molecule has 0 radical (unpaired) electrons. The number of hydrogen-bond acceptors (Lipinski definition) is 7. The first-order valence-electron chi connectivity index (χ1n) is 5.54. The predicted molar refractivity (Wildman–Crippen MR) is 61.7 cm³/mol. The largest absolute Gasteiger partial charge is 0.508 e. The molecular formula is C11H16N2O5. The maximum atomic E-state index is 11.3. The lowest BCUT2D eigenvalue weighted by Crippen LogP contribution is -2.21. The Hall–Kier alpha value is -1.97. The van der Waals surface area contributed by atoms with E-state index in [2.05, 4.69) is 9.98 Å². The van der Waals surface area contributed by atoms with E-state index in [0.717, 1.165) is 0 Å². The topological polar surface area (TPSA) is 94.4 Å². The van der Waals surface area contributed by atoms with Gasteiger partial charge in [-0.1, -0.05) is 0 Å². The number of carbonyl (C=O) groups is 1. The highest BCUT2D eigenvalue weighted by Gasteiger charge is 2.13.